The summed E-state index contributed by atoms with van der Waals surface area (Å²) in [6.07, 6.45) is 5.41. The van der Waals surface area contributed by atoms with E-state index in [0.717, 1.165) is 12.5 Å². The van der Waals surface area contributed by atoms with Gasteiger partial charge in [-0.1, -0.05) is 12.8 Å². The molecule has 2 saturated carbocycles. The van der Waals surface area contributed by atoms with E-state index in [2.05, 4.69) is 5.32 Å². The number of rotatable bonds is 1. The highest BCUT2D eigenvalue weighted by molar-refractivity contribution is 5.77. The van der Waals surface area contributed by atoms with Crippen LogP contribution in [0.25, 0.3) is 0 Å². The van der Waals surface area contributed by atoms with Crippen molar-refractivity contribution in [2.24, 2.45) is 17.3 Å². The van der Waals surface area contributed by atoms with E-state index in [1.54, 1.807) is 0 Å². The van der Waals surface area contributed by atoms with Crippen molar-refractivity contribution in [2.75, 3.05) is 13.7 Å². The maximum atomic E-state index is 11.5. The van der Waals surface area contributed by atoms with E-state index in [0.29, 0.717) is 11.3 Å². The molecule has 1 saturated heterocycles. The molecule has 1 spiro atoms. The van der Waals surface area contributed by atoms with Gasteiger partial charge in [-0.05, 0) is 36.6 Å². The second-order valence-corrected chi connectivity index (χ2v) is 4.98. The Kier molecular flexibility index (Phi) is 1.69. The summed E-state index contributed by atoms with van der Waals surface area (Å²) in [7, 11) is 1.49. The molecule has 0 aromatic carbocycles. The van der Waals surface area contributed by atoms with E-state index in [-0.39, 0.29) is 12.0 Å². The number of fused-ring (bicyclic) bond motifs is 3. The van der Waals surface area contributed by atoms with E-state index in [4.69, 9.17) is 4.74 Å². The number of ether oxygens (including phenoxy) is 1. The minimum absolute atomic E-state index is 0.00287. The Morgan fingerprint density at radius 2 is 2.14 bits per heavy atom. The molecular formula is C11H17NO2. The zero-order valence-corrected chi connectivity index (χ0v) is 8.58. The van der Waals surface area contributed by atoms with Gasteiger partial charge in [0.05, 0.1) is 7.11 Å². The van der Waals surface area contributed by atoms with Crippen LogP contribution in [0.2, 0.25) is 0 Å². The van der Waals surface area contributed by atoms with Gasteiger partial charge in [-0.25, -0.2) is 0 Å². The Labute approximate surface area is 84.2 Å². The second-order valence-electron chi connectivity index (χ2n) is 4.98. The molecule has 0 aromatic rings. The van der Waals surface area contributed by atoms with Gasteiger partial charge in [-0.15, -0.1) is 0 Å². The van der Waals surface area contributed by atoms with Crippen LogP contribution in [0.3, 0.4) is 0 Å². The Morgan fingerprint density at radius 1 is 1.43 bits per heavy atom. The van der Waals surface area contributed by atoms with E-state index in [9.17, 15) is 4.79 Å². The second kappa shape index (κ2) is 2.72. The van der Waals surface area contributed by atoms with Crippen molar-refractivity contribution in [3.05, 3.63) is 0 Å². The third-order valence-electron chi connectivity index (χ3n) is 4.63. The third-order valence-corrected chi connectivity index (χ3v) is 4.63. The fraction of sp³-hybridized carbons (Fsp3) is 0.909. The fourth-order valence-electron chi connectivity index (χ4n) is 3.98. The highest BCUT2D eigenvalue weighted by Crippen LogP contribution is 2.70. The summed E-state index contributed by atoms with van der Waals surface area (Å²) in [5.74, 6) is 1.31. The summed E-state index contributed by atoms with van der Waals surface area (Å²) in [5, 5.41) is 3.28. The Balaban J connectivity index is 1.77. The molecule has 78 valence electrons. The zero-order chi connectivity index (χ0) is 9.76. The van der Waals surface area contributed by atoms with E-state index >= 15 is 0 Å². The van der Waals surface area contributed by atoms with Crippen LogP contribution in [0.4, 0.5) is 0 Å². The predicted molar refractivity (Wildman–Crippen MR) is 51.7 cm³/mol. The lowest BCUT2D eigenvalue weighted by molar-refractivity contribution is -0.143. The molecule has 3 rings (SSSR count). The average Bonchev–Trinajstić information content (AvgIpc) is 2.65. The Morgan fingerprint density at radius 3 is 2.79 bits per heavy atom. The van der Waals surface area contributed by atoms with E-state index < -0.39 is 0 Å². The van der Waals surface area contributed by atoms with Crippen molar-refractivity contribution >= 4 is 5.97 Å². The van der Waals surface area contributed by atoms with Crippen molar-refractivity contribution in [1.82, 2.24) is 5.32 Å². The SMILES string of the molecule is COC(=O)[C@H]1NC[C@H]2[C@@H]1C21CCCC1. The smallest absolute Gasteiger partial charge is 0.323 e. The first kappa shape index (κ1) is 8.72. The van der Waals surface area contributed by atoms with E-state index in [1.807, 2.05) is 0 Å². The van der Waals surface area contributed by atoms with Gasteiger partial charge >= 0.3 is 5.97 Å². The summed E-state index contributed by atoms with van der Waals surface area (Å²) < 4.78 is 4.83. The van der Waals surface area contributed by atoms with Crippen molar-refractivity contribution in [3.8, 4) is 0 Å². The Hall–Kier alpha value is -0.570. The molecule has 14 heavy (non-hydrogen) atoms. The van der Waals surface area contributed by atoms with Crippen molar-refractivity contribution < 1.29 is 9.53 Å². The van der Waals surface area contributed by atoms with Crippen LogP contribution in [-0.2, 0) is 9.53 Å². The number of carbonyl (C=O) groups is 1. The number of hydrogen-bond acceptors (Lipinski definition) is 3. The monoisotopic (exact) mass is 195 g/mol. The first-order valence-electron chi connectivity index (χ1n) is 5.61. The van der Waals surface area contributed by atoms with E-state index in [1.165, 1.54) is 32.8 Å². The normalized spacial score (nSPS) is 42.5. The number of piperidine rings is 1. The fourth-order valence-corrected chi connectivity index (χ4v) is 3.98. The number of nitrogens with one attached hydrogen (secondary N) is 1. The summed E-state index contributed by atoms with van der Waals surface area (Å²) in [5.41, 5.74) is 0.546. The molecule has 1 N–H and O–H groups in total. The molecule has 3 fully saturated rings. The van der Waals surface area contributed by atoms with Crippen LogP contribution in [0.1, 0.15) is 25.7 Å². The zero-order valence-electron chi connectivity index (χ0n) is 8.58. The molecule has 0 aromatic heterocycles. The molecule has 1 aliphatic heterocycles. The van der Waals surface area contributed by atoms with Crippen LogP contribution in [0.15, 0.2) is 0 Å². The van der Waals surface area contributed by atoms with Gasteiger partial charge in [0.25, 0.3) is 0 Å². The summed E-state index contributed by atoms with van der Waals surface area (Å²) in [6.45, 7) is 1.03. The quantitative estimate of drug-likeness (QED) is 0.633. The third kappa shape index (κ3) is 0.888. The summed E-state index contributed by atoms with van der Waals surface area (Å²) in [4.78, 5) is 11.5. The van der Waals surface area contributed by atoms with Crippen LogP contribution in [-0.4, -0.2) is 25.7 Å². The van der Waals surface area contributed by atoms with Crippen LogP contribution < -0.4 is 5.32 Å². The van der Waals surface area contributed by atoms with Crippen LogP contribution >= 0.6 is 0 Å². The molecule has 3 heteroatoms. The first-order chi connectivity index (χ1) is 6.79. The minimum atomic E-state index is -0.0544. The average molecular weight is 195 g/mol. The summed E-state index contributed by atoms with van der Waals surface area (Å²) >= 11 is 0. The molecule has 1 heterocycles. The maximum absolute atomic E-state index is 11.5. The molecular weight excluding hydrogens is 178 g/mol. The predicted octanol–water partition coefficient (Wildman–Crippen LogP) is 0.938. The van der Waals surface area contributed by atoms with Crippen LogP contribution in [0, 0.1) is 17.3 Å². The van der Waals surface area contributed by atoms with Gasteiger partial charge in [0.2, 0.25) is 0 Å². The molecule has 0 radical (unpaired) electrons. The van der Waals surface area contributed by atoms with Crippen molar-refractivity contribution in [2.45, 2.75) is 31.7 Å². The summed E-state index contributed by atoms with van der Waals surface area (Å²) in [6, 6.07) is 0.00287. The number of esters is 1. The van der Waals surface area contributed by atoms with Gasteiger partial charge in [0.15, 0.2) is 0 Å². The highest BCUT2D eigenvalue weighted by Gasteiger charge is 2.71. The van der Waals surface area contributed by atoms with Crippen molar-refractivity contribution in [3.63, 3.8) is 0 Å². The van der Waals surface area contributed by atoms with Gasteiger partial charge in [-0.3, -0.25) is 4.79 Å². The highest BCUT2D eigenvalue weighted by atomic mass is 16.5. The van der Waals surface area contributed by atoms with Crippen molar-refractivity contribution in [1.29, 1.82) is 0 Å². The van der Waals surface area contributed by atoms with Gasteiger partial charge in [-0.2, -0.15) is 0 Å². The minimum Gasteiger partial charge on any atom is -0.468 e. The lowest BCUT2D eigenvalue weighted by Crippen LogP contribution is -2.38. The molecule has 2 aliphatic carbocycles. The molecule has 0 amide bonds. The molecule has 0 unspecified atom stereocenters. The lowest BCUT2D eigenvalue weighted by atomic mass is 9.95. The maximum Gasteiger partial charge on any atom is 0.323 e. The molecule has 0 bridgehead atoms. The number of carbonyl (C=O) groups excluding carboxylic acids is 1. The van der Waals surface area contributed by atoms with Gasteiger partial charge in [0.1, 0.15) is 6.04 Å². The topological polar surface area (TPSA) is 38.3 Å². The number of hydrogen-bond donors (Lipinski definition) is 1. The first-order valence-corrected chi connectivity index (χ1v) is 5.61. The standard InChI is InChI=1S/C11H17NO2/c1-14-10(13)9-8-7(6-12-9)11(8)4-2-3-5-11/h7-9,12H,2-6H2,1H3/t7-,8-,9-/m0/s1. The Bertz CT molecular complexity index is 270. The molecule has 3 atom stereocenters. The van der Waals surface area contributed by atoms with Gasteiger partial charge in [0, 0.05) is 0 Å². The van der Waals surface area contributed by atoms with Gasteiger partial charge < -0.3 is 10.1 Å². The number of methoxy groups -OCH3 is 1. The molecule has 3 nitrogen and oxygen atoms in total. The largest absolute Gasteiger partial charge is 0.468 e. The molecule has 3 aliphatic rings. The van der Waals surface area contributed by atoms with Crippen LogP contribution in [0.5, 0.6) is 0 Å². The lowest BCUT2D eigenvalue weighted by Gasteiger charge is -2.19.